The quantitative estimate of drug-likeness (QED) is 0.707. The average molecular weight is 457 g/mol. The van der Waals surface area contributed by atoms with Crippen LogP contribution in [0.15, 0.2) is 47.5 Å². The molecule has 2 fully saturated rings. The fourth-order valence-electron chi connectivity index (χ4n) is 3.47. The summed E-state index contributed by atoms with van der Waals surface area (Å²) < 4.78 is 51.9. The highest BCUT2D eigenvalue weighted by molar-refractivity contribution is 8.16. The van der Waals surface area contributed by atoms with Gasteiger partial charge in [-0.1, -0.05) is 41.6 Å². The SMILES string of the molecule is O=C(Cc1ccccc1Cl)N=C1SC2CS(=O)(=O)CC2N1c1ccc(F)cc1F. The molecule has 0 bridgehead atoms. The van der Waals surface area contributed by atoms with E-state index in [1.807, 2.05) is 0 Å². The molecule has 0 radical (unpaired) electrons. The molecule has 5 nitrogen and oxygen atoms in total. The number of hydrogen-bond acceptors (Lipinski definition) is 4. The van der Waals surface area contributed by atoms with Crippen molar-refractivity contribution in [3.63, 3.8) is 0 Å². The molecule has 0 saturated carbocycles. The molecule has 2 saturated heterocycles. The van der Waals surface area contributed by atoms with Gasteiger partial charge in [0.15, 0.2) is 15.0 Å². The molecule has 0 spiro atoms. The molecule has 152 valence electrons. The Balaban J connectivity index is 1.68. The van der Waals surface area contributed by atoms with E-state index in [-0.39, 0.29) is 34.0 Å². The minimum atomic E-state index is -3.29. The van der Waals surface area contributed by atoms with E-state index >= 15 is 0 Å². The lowest BCUT2D eigenvalue weighted by molar-refractivity contribution is -0.117. The summed E-state index contributed by atoms with van der Waals surface area (Å²) in [6.07, 6.45) is -0.0445. The molecule has 4 rings (SSSR count). The summed E-state index contributed by atoms with van der Waals surface area (Å²) >= 11 is 7.21. The topological polar surface area (TPSA) is 66.8 Å². The Bertz CT molecular complexity index is 1120. The normalized spacial score (nSPS) is 24.1. The van der Waals surface area contributed by atoms with Crippen molar-refractivity contribution in [1.29, 1.82) is 0 Å². The first-order valence-electron chi connectivity index (χ1n) is 8.70. The van der Waals surface area contributed by atoms with Crippen molar-refractivity contribution in [1.82, 2.24) is 0 Å². The Labute approximate surface area is 175 Å². The van der Waals surface area contributed by atoms with Gasteiger partial charge in [-0.3, -0.25) is 4.79 Å². The lowest BCUT2D eigenvalue weighted by atomic mass is 10.1. The van der Waals surface area contributed by atoms with Gasteiger partial charge in [-0.2, -0.15) is 4.99 Å². The van der Waals surface area contributed by atoms with Crippen LogP contribution in [0.25, 0.3) is 0 Å². The van der Waals surface area contributed by atoms with E-state index in [0.717, 1.165) is 23.9 Å². The number of sulfone groups is 1. The highest BCUT2D eigenvalue weighted by Crippen LogP contribution is 2.41. The molecule has 1 amide bonds. The second kappa shape index (κ2) is 7.70. The molecule has 29 heavy (non-hydrogen) atoms. The maximum absolute atomic E-state index is 14.5. The van der Waals surface area contributed by atoms with Crippen LogP contribution in [-0.4, -0.2) is 42.3 Å². The van der Waals surface area contributed by atoms with Gasteiger partial charge in [0, 0.05) is 16.3 Å². The molecule has 2 aliphatic heterocycles. The average Bonchev–Trinajstić information content (AvgIpc) is 3.08. The molecule has 2 unspecified atom stereocenters. The van der Waals surface area contributed by atoms with Crippen LogP contribution in [-0.2, 0) is 21.1 Å². The number of halogens is 3. The van der Waals surface area contributed by atoms with Crippen molar-refractivity contribution in [2.45, 2.75) is 17.7 Å². The molecule has 0 N–H and O–H groups in total. The smallest absolute Gasteiger partial charge is 0.252 e. The van der Waals surface area contributed by atoms with Gasteiger partial charge in [-0.15, -0.1) is 0 Å². The minimum Gasteiger partial charge on any atom is -0.313 e. The standard InChI is InChI=1S/C19H15ClF2N2O3S2/c20-13-4-2-1-3-11(13)7-18(25)23-19-24(15-6-5-12(21)8-14(15)22)16-9-29(26,27)10-17(16)28-19/h1-6,8,16-17H,7,9-10H2. The number of anilines is 1. The van der Waals surface area contributed by atoms with Crippen molar-refractivity contribution >= 4 is 50.0 Å². The summed E-state index contributed by atoms with van der Waals surface area (Å²) in [6, 6.07) is 9.34. The maximum atomic E-state index is 14.5. The third-order valence-electron chi connectivity index (χ3n) is 4.76. The van der Waals surface area contributed by atoms with Crippen LogP contribution < -0.4 is 4.90 Å². The van der Waals surface area contributed by atoms with Crippen LogP contribution in [0, 0.1) is 11.6 Å². The Morgan fingerprint density at radius 3 is 2.69 bits per heavy atom. The summed E-state index contributed by atoms with van der Waals surface area (Å²) in [5, 5.41) is 0.262. The van der Waals surface area contributed by atoms with Crippen molar-refractivity contribution < 1.29 is 22.0 Å². The Morgan fingerprint density at radius 1 is 1.21 bits per heavy atom. The van der Waals surface area contributed by atoms with E-state index in [1.165, 1.54) is 11.0 Å². The van der Waals surface area contributed by atoms with Crippen LogP contribution in [0.3, 0.4) is 0 Å². The van der Waals surface area contributed by atoms with Gasteiger partial charge in [-0.05, 0) is 23.8 Å². The second-order valence-electron chi connectivity index (χ2n) is 6.82. The molecule has 10 heteroatoms. The first-order chi connectivity index (χ1) is 13.7. The van der Waals surface area contributed by atoms with E-state index < -0.39 is 33.4 Å². The van der Waals surface area contributed by atoms with Crippen LogP contribution >= 0.6 is 23.4 Å². The van der Waals surface area contributed by atoms with Gasteiger partial charge in [-0.25, -0.2) is 17.2 Å². The van der Waals surface area contributed by atoms with Gasteiger partial charge in [0.1, 0.15) is 11.6 Å². The van der Waals surface area contributed by atoms with Gasteiger partial charge < -0.3 is 4.90 Å². The number of benzene rings is 2. The summed E-state index contributed by atoms with van der Waals surface area (Å²) in [4.78, 5) is 18.0. The molecular formula is C19H15ClF2N2O3S2. The predicted octanol–water partition coefficient (Wildman–Crippen LogP) is 3.46. The zero-order valence-electron chi connectivity index (χ0n) is 14.9. The van der Waals surface area contributed by atoms with Gasteiger partial charge >= 0.3 is 0 Å². The maximum Gasteiger partial charge on any atom is 0.252 e. The van der Waals surface area contributed by atoms with Crippen molar-refractivity contribution in [3.05, 3.63) is 64.7 Å². The molecule has 2 aromatic rings. The van der Waals surface area contributed by atoms with E-state index in [2.05, 4.69) is 4.99 Å². The molecule has 0 aromatic heterocycles. The Morgan fingerprint density at radius 2 is 1.97 bits per heavy atom. The Hall–Kier alpha value is -1.97. The third-order valence-corrected chi connectivity index (χ3v) is 8.33. The largest absolute Gasteiger partial charge is 0.313 e. The fraction of sp³-hybridized carbons (Fsp3) is 0.263. The lowest BCUT2D eigenvalue weighted by Gasteiger charge is -2.24. The molecule has 2 atom stereocenters. The fourth-order valence-corrected chi connectivity index (χ4v) is 7.60. The molecule has 2 aliphatic rings. The predicted molar refractivity (Wildman–Crippen MR) is 110 cm³/mol. The number of nitrogens with zero attached hydrogens (tertiary/aromatic N) is 2. The number of fused-ring (bicyclic) bond motifs is 1. The highest BCUT2D eigenvalue weighted by Gasteiger charge is 2.50. The minimum absolute atomic E-state index is 0.00667. The first kappa shape index (κ1) is 20.3. The van der Waals surface area contributed by atoms with Crippen LogP contribution in [0.2, 0.25) is 5.02 Å². The van der Waals surface area contributed by atoms with Crippen LogP contribution in [0.5, 0.6) is 0 Å². The van der Waals surface area contributed by atoms with Gasteiger partial charge in [0.2, 0.25) is 0 Å². The van der Waals surface area contributed by atoms with E-state index in [0.29, 0.717) is 10.6 Å². The van der Waals surface area contributed by atoms with Crippen molar-refractivity contribution in [3.8, 4) is 0 Å². The summed E-state index contributed by atoms with van der Waals surface area (Å²) in [7, 11) is -3.29. The van der Waals surface area contributed by atoms with Crippen LogP contribution in [0.4, 0.5) is 14.5 Å². The number of aliphatic imine (C=N–C) groups is 1. The number of amidine groups is 1. The number of hydrogen-bond donors (Lipinski definition) is 0. The Kier molecular flexibility index (Phi) is 5.39. The molecule has 0 aliphatic carbocycles. The summed E-state index contributed by atoms with van der Waals surface area (Å²) in [6.45, 7) is 0. The number of carbonyl (C=O) groups is 1. The van der Waals surface area contributed by atoms with E-state index in [1.54, 1.807) is 24.3 Å². The highest BCUT2D eigenvalue weighted by atomic mass is 35.5. The first-order valence-corrected chi connectivity index (χ1v) is 11.8. The zero-order chi connectivity index (χ0) is 20.8. The van der Waals surface area contributed by atoms with E-state index in [9.17, 15) is 22.0 Å². The van der Waals surface area contributed by atoms with Crippen LogP contribution in [0.1, 0.15) is 5.56 Å². The number of rotatable bonds is 3. The van der Waals surface area contributed by atoms with Crippen molar-refractivity contribution in [2.75, 3.05) is 16.4 Å². The molecule has 2 aromatic carbocycles. The number of carbonyl (C=O) groups excluding carboxylic acids is 1. The monoisotopic (exact) mass is 456 g/mol. The van der Waals surface area contributed by atoms with Crippen molar-refractivity contribution in [2.24, 2.45) is 4.99 Å². The van der Waals surface area contributed by atoms with Gasteiger partial charge in [0.05, 0.1) is 29.7 Å². The number of amides is 1. The summed E-state index contributed by atoms with van der Waals surface area (Å²) in [5.74, 6) is -2.35. The molecule has 2 heterocycles. The number of thioether (sulfide) groups is 1. The van der Waals surface area contributed by atoms with E-state index in [4.69, 9.17) is 11.6 Å². The summed E-state index contributed by atoms with van der Waals surface area (Å²) in [5.41, 5.74) is 0.599. The third kappa shape index (κ3) is 4.17. The second-order valence-corrected chi connectivity index (χ2v) is 10.6. The lowest BCUT2D eigenvalue weighted by Crippen LogP contribution is -2.38. The molecular weight excluding hydrogens is 442 g/mol. The van der Waals surface area contributed by atoms with Gasteiger partial charge in [0.25, 0.3) is 5.91 Å². The zero-order valence-corrected chi connectivity index (χ0v) is 17.3.